The first-order chi connectivity index (χ1) is 10.8. The van der Waals surface area contributed by atoms with Crippen LogP contribution in [0, 0.1) is 20.8 Å². The van der Waals surface area contributed by atoms with Crippen molar-refractivity contribution in [3.63, 3.8) is 0 Å². The number of aryl methyl sites for hydroxylation is 3. The van der Waals surface area contributed by atoms with Gasteiger partial charge in [-0.05, 0) is 55.1 Å². The van der Waals surface area contributed by atoms with Gasteiger partial charge in [0.2, 0.25) is 0 Å². The quantitative estimate of drug-likeness (QED) is 0.807. The van der Waals surface area contributed by atoms with Crippen LogP contribution in [0.3, 0.4) is 0 Å². The standard InChI is InChI=1S/C18H23P.H3O3P/c1-5-19(17-9-7-6-8-10-17)13-18-15(3)11-14(2)12-16(18)4;1-4(2)3/h6-12H,5,13H2,1-4H3;4H,(H2,1,2,3). The molecular formula is C18H26O3P2. The first kappa shape index (κ1) is 20.1. The van der Waals surface area contributed by atoms with Crippen LogP contribution in [0.5, 0.6) is 0 Å². The summed E-state index contributed by atoms with van der Waals surface area (Å²) < 4.78 is 8.74. The average Bonchev–Trinajstić information content (AvgIpc) is 2.47. The summed E-state index contributed by atoms with van der Waals surface area (Å²) >= 11 is 0. The van der Waals surface area contributed by atoms with Crippen LogP contribution in [-0.2, 0) is 10.7 Å². The lowest BCUT2D eigenvalue weighted by Crippen LogP contribution is -2.05. The second kappa shape index (κ2) is 10.0. The third kappa shape index (κ3) is 6.97. The molecule has 2 aromatic rings. The SMILES string of the molecule is CCP(Cc1c(C)cc(C)cc1C)c1ccccc1.O=[PH](O)O. The van der Waals surface area contributed by atoms with E-state index in [0.717, 1.165) is 0 Å². The first-order valence-corrected chi connectivity index (χ1v) is 10.6. The lowest BCUT2D eigenvalue weighted by Gasteiger charge is -2.19. The van der Waals surface area contributed by atoms with E-state index in [-0.39, 0.29) is 7.92 Å². The Labute approximate surface area is 141 Å². The summed E-state index contributed by atoms with van der Waals surface area (Å²) in [6, 6.07) is 15.6. The van der Waals surface area contributed by atoms with Gasteiger partial charge in [-0.2, -0.15) is 0 Å². The highest BCUT2D eigenvalue weighted by Crippen LogP contribution is 2.39. The van der Waals surface area contributed by atoms with Crippen LogP contribution in [0.25, 0.3) is 0 Å². The van der Waals surface area contributed by atoms with Crippen LogP contribution in [0.15, 0.2) is 42.5 Å². The fraction of sp³-hybridized carbons (Fsp3) is 0.333. The van der Waals surface area contributed by atoms with Gasteiger partial charge in [0.1, 0.15) is 0 Å². The van der Waals surface area contributed by atoms with Crippen LogP contribution in [0.4, 0.5) is 0 Å². The molecule has 0 bridgehead atoms. The highest BCUT2D eigenvalue weighted by Gasteiger charge is 2.12. The van der Waals surface area contributed by atoms with E-state index in [1.807, 2.05) is 0 Å². The molecule has 1 atom stereocenters. The molecule has 0 aliphatic carbocycles. The molecule has 0 aliphatic heterocycles. The molecule has 0 fully saturated rings. The summed E-state index contributed by atoms with van der Waals surface area (Å²) in [5.41, 5.74) is 5.84. The second-order valence-electron chi connectivity index (χ2n) is 5.51. The van der Waals surface area contributed by atoms with E-state index in [0.29, 0.717) is 0 Å². The third-order valence-electron chi connectivity index (χ3n) is 3.69. The molecule has 23 heavy (non-hydrogen) atoms. The van der Waals surface area contributed by atoms with Gasteiger partial charge in [0.05, 0.1) is 0 Å². The van der Waals surface area contributed by atoms with Gasteiger partial charge in [-0.3, -0.25) is 4.57 Å². The van der Waals surface area contributed by atoms with E-state index in [1.165, 1.54) is 34.3 Å². The fourth-order valence-electron chi connectivity index (χ4n) is 2.67. The van der Waals surface area contributed by atoms with Crippen molar-refractivity contribution in [2.24, 2.45) is 0 Å². The van der Waals surface area contributed by atoms with Crippen molar-refractivity contribution in [3.05, 3.63) is 64.7 Å². The van der Waals surface area contributed by atoms with Crippen LogP contribution < -0.4 is 5.30 Å². The van der Waals surface area contributed by atoms with Crippen molar-refractivity contribution in [2.75, 3.05) is 6.16 Å². The van der Waals surface area contributed by atoms with Crippen LogP contribution in [0.1, 0.15) is 29.2 Å². The number of hydrogen-bond donors (Lipinski definition) is 2. The Morgan fingerprint density at radius 2 is 1.48 bits per heavy atom. The van der Waals surface area contributed by atoms with Crippen LogP contribution >= 0.6 is 16.2 Å². The summed E-state index contributed by atoms with van der Waals surface area (Å²) in [7, 11) is -3.20. The minimum atomic E-state index is -3.13. The maximum Gasteiger partial charge on any atom is 0.314 e. The Hall–Kier alpha value is -0.980. The molecule has 0 aliphatic rings. The Morgan fingerprint density at radius 1 is 1.00 bits per heavy atom. The van der Waals surface area contributed by atoms with E-state index in [4.69, 9.17) is 14.4 Å². The van der Waals surface area contributed by atoms with Crippen LogP contribution in [-0.4, -0.2) is 15.9 Å². The van der Waals surface area contributed by atoms with Gasteiger partial charge in [0, 0.05) is 0 Å². The van der Waals surface area contributed by atoms with E-state index in [9.17, 15) is 0 Å². The third-order valence-corrected chi connectivity index (χ3v) is 6.18. The molecule has 2 N–H and O–H groups in total. The van der Waals surface area contributed by atoms with Gasteiger partial charge in [0.25, 0.3) is 0 Å². The van der Waals surface area contributed by atoms with Gasteiger partial charge in [-0.25, -0.2) is 0 Å². The molecule has 0 saturated carbocycles. The van der Waals surface area contributed by atoms with Crippen molar-refractivity contribution >= 4 is 21.5 Å². The maximum absolute atomic E-state index is 8.74. The molecule has 126 valence electrons. The highest BCUT2D eigenvalue weighted by molar-refractivity contribution is 7.64. The number of benzene rings is 2. The molecule has 0 spiro atoms. The summed E-state index contributed by atoms with van der Waals surface area (Å²) in [6.07, 6.45) is 2.47. The molecule has 0 amide bonds. The first-order valence-electron chi connectivity index (χ1n) is 7.63. The minimum absolute atomic E-state index is 0.0719. The van der Waals surface area contributed by atoms with Gasteiger partial charge in [-0.15, -0.1) is 0 Å². The average molecular weight is 352 g/mol. The molecular weight excluding hydrogens is 326 g/mol. The Morgan fingerprint density at radius 3 is 1.91 bits per heavy atom. The molecule has 0 aromatic heterocycles. The zero-order valence-electron chi connectivity index (χ0n) is 14.2. The monoisotopic (exact) mass is 352 g/mol. The predicted molar refractivity (Wildman–Crippen MR) is 101 cm³/mol. The maximum atomic E-state index is 8.74. The van der Waals surface area contributed by atoms with Crippen molar-refractivity contribution in [3.8, 4) is 0 Å². The Bertz CT molecular complexity index is 615. The van der Waals surface area contributed by atoms with Gasteiger partial charge < -0.3 is 9.79 Å². The molecule has 0 heterocycles. The largest absolute Gasteiger partial charge is 0.326 e. The smallest absolute Gasteiger partial charge is 0.314 e. The number of hydrogen-bond acceptors (Lipinski definition) is 1. The summed E-state index contributed by atoms with van der Waals surface area (Å²) in [6.45, 7) is 9.01. The lowest BCUT2D eigenvalue weighted by atomic mass is 10.0. The molecule has 1 unspecified atom stereocenters. The van der Waals surface area contributed by atoms with E-state index >= 15 is 0 Å². The number of rotatable bonds is 4. The molecule has 0 radical (unpaired) electrons. The van der Waals surface area contributed by atoms with Gasteiger partial charge >= 0.3 is 8.25 Å². The molecule has 0 saturated heterocycles. The van der Waals surface area contributed by atoms with Crippen LogP contribution in [0.2, 0.25) is 0 Å². The molecule has 2 rings (SSSR count). The summed E-state index contributed by atoms with van der Waals surface area (Å²) in [4.78, 5) is 14.3. The van der Waals surface area contributed by atoms with Crippen molar-refractivity contribution in [1.82, 2.24) is 0 Å². The van der Waals surface area contributed by atoms with E-state index in [1.54, 1.807) is 5.56 Å². The zero-order chi connectivity index (χ0) is 17.4. The van der Waals surface area contributed by atoms with Gasteiger partial charge in [0.15, 0.2) is 0 Å². The summed E-state index contributed by atoms with van der Waals surface area (Å²) in [5, 5.41) is 1.53. The van der Waals surface area contributed by atoms with Gasteiger partial charge in [-0.1, -0.05) is 62.9 Å². The fourth-order valence-corrected chi connectivity index (χ4v) is 4.92. The van der Waals surface area contributed by atoms with Crippen molar-refractivity contribution in [2.45, 2.75) is 33.9 Å². The lowest BCUT2D eigenvalue weighted by molar-refractivity contribution is 0.405. The molecule has 5 heteroatoms. The normalized spacial score (nSPS) is 11.8. The zero-order valence-corrected chi connectivity index (χ0v) is 16.1. The molecule has 2 aromatic carbocycles. The van der Waals surface area contributed by atoms with Crippen molar-refractivity contribution < 1.29 is 14.4 Å². The Kier molecular flexibility index (Phi) is 8.73. The topological polar surface area (TPSA) is 57.5 Å². The van der Waals surface area contributed by atoms with E-state index in [2.05, 4.69) is 70.2 Å². The highest BCUT2D eigenvalue weighted by atomic mass is 31.1. The molecule has 3 nitrogen and oxygen atoms in total. The predicted octanol–water partition coefficient (Wildman–Crippen LogP) is 4.30. The Balaban J connectivity index is 0.000000593. The van der Waals surface area contributed by atoms with E-state index < -0.39 is 8.25 Å². The second-order valence-corrected chi connectivity index (χ2v) is 8.62. The minimum Gasteiger partial charge on any atom is -0.326 e. The van der Waals surface area contributed by atoms with Crippen molar-refractivity contribution in [1.29, 1.82) is 0 Å². The summed E-state index contributed by atoms with van der Waals surface area (Å²) in [5.74, 6) is 0.